The molecule has 0 aliphatic rings. The number of rotatable bonds is 4. The van der Waals surface area contributed by atoms with E-state index in [1.165, 1.54) is 16.0 Å². The van der Waals surface area contributed by atoms with Gasteiger partial charge in [0.2, 0.25) is 0 Å². The second-order valence-corrected chi connectivity index (χ2v) is 7.26. The number of hydrogen-bond acceptors (Lipinski definition) is 7. The number of H-pyrrole nitrogens is 1. The molecule has 0 amide bonds. The van der Waals surface area contributed by atoms with Crippen molar-refractivity contribution in [2.24, 2.45) is 7.05 Å². The normalized spacial score (nSPS) is 11.6. The molecule has 5 rings (SSSR count). The molecule has 4 heterocycles. The van der Waals surface area contributed by atoms with Crippen LogP contribution in [0.3, 0.4) is 0 Å². The van der Waals surface area contributed by atoms with Gasteiger partial charge in [-0.3, -0.25) is 4.79 Å². The molecule has 10 heteroatoms. The molecule has 4 aromatic heterocycles. The van der Waals surface area contributed by atoms with Crippen molar-refractivity contribution in [3.05, 3.63) is 63.3 Å². The van der Waals surface area contributed by atoms with Crippen molar-refractivity contribution in [3.8, 4) is 0 Å². The standard InChI is InChI=1S/C17H14N8OS/c1-24-14-11(8-18-25(17(14)26)9-10-5-3-2-4-6-10)15-16(24)19-13(27-15)7-12-20-22-23-21-12/h2-6,8H,7,9H2,1H3,(H,20,21,22,23). The number of aromatic nitrogens is 8. The van der Waals surface area contributed by atoms with Crippen molar-refractivity contribution in [3.63, 3.8) is 0 Å². The van der Waals surface area contributed by atoms with Crippen molar-refractivity contribution < 1.29 is 0 Å². The summed E-state index contributed by atoms with van der Waals surface area (Å²) >= 11 is 1.52. The van der Waals surface area contributed by atoms with E-state index in [0.717, 1.165) is 26.3 Å². The highest BCUT2D eigenvalue weighted by molar-refractivity contribution is 7.19. The van der Waals surface area contributed by atoms with E-state index >= 15 is 0 Å². The van der Waals surface area contributed by atoms with Crippen molar-refractivity contribution in [1.82, 2.24) is 40.0 Å². The van der Waals surface area contributed by atoms with E-state index in [9.17, 15) is 4.79 Å². The van der Waals surface area contributed by atoms with Gasteiger partial charge in [0.05, 0.1) is 23.9 Å². The second kappa shape index (κ2) is 6.09. The summed E-state index contributed by atoms with van der Waals surface area (Å²) in [5.74, 6) is 0.585. The van der Waals surface area contributed by atoms with Crippen LogP contribution >= 0.6 is 11.3 Å². The SMILES string of the molecule is Cn1c2nc(Cc3nn[nH]n3)sc2c2cnn(Cc3ccccc3)c(=O)c21. The van der Waals surface area contributed by atoms with Gasteiger partial charge in [-0.15, -0.1) is 21.5 Å². The quantitative estimate of drug-likeness (QED) is 0.508. The summed E-state index contributed by atoms with van der Waals surface area (Å²) in [5.41, 5.74) is 2.29. The maximum atomic E-state index is 13.0. The maximum Gasteiger partial charge on any atom is 0.291 e. The Balaban J connectivity index is 1.60. The zero-order valence-electron chi connectivity index (χ0n) is 14.3. The molecule has 0 saturated carbocycles. The van der Waals surface area contributed by atoms with Gasteiger partial charge < -0.3 is 4.57 Å². The molecule has 0 saturated heterocycles. The Hall–Kier alpha value is -3.40. The van der Waals surface area contributed by atoms with Crippen LogP contribution < -0.4 is 5.56 Å². The molecule has 0 unspecified atom stereocenters. The molecule has 5 aromatic rings. The van der Waals surface area contributed by atoms with Crippen LogP contribution in [0.1, 0.15) is 16.4 Å². The van der Waals surface area contributed by atoms with Gasteiger partial charge in [-0.05, 0) is 5.56 Å². The molecule has 1 N–H and O–H groups in total. The summed E-state index contributed by atoms with van der Waals surface area (Å²) in [4.78, 5) is 17.6. The summed E-state index contributed by atoms with van der Waals surface area (Å²) in [6.07, 6.45) is 2.24. The van der Waals surface area contributed by atoms with Crippen LogP contribution in [0.5, 0.6) is 0 Å². The number of benzene rings is 1. The molecule has 1 aromatic carbocycles. The largest absolute Gasteiger partial charge is 0.323 e. The average Bonchev–Trinajstić information content (AvgIpc) is 3.38. The predicted octanol–water partition coefficient (Wildman–Crippen LogP) is 1.50. The summed E-state index contributed by atoms with van der Waals surface area (Å²) in [6.45, 7) is 0.435. The van der Waals surface area contributed by atoms with Gasteiger partial charge in [0.15, 0.2) is 11.5 Å². The third-order valence-electron chi connectivity index (χ3n) is 4.44. The first-order chi connectivity index (χ1) is 13.2. The molecule has 134 valence electrons. The highest BCUT2D eigenvalue weighted by Crippen LogP contribution is 2.31. The fraction of sp³-hybridized carbons (Fsp3) is 0.176. The Morgan fingerprint density at radius 3 is 2.85 bits per heavy atom. The summed E-state index contributed by atoms with van der Waals surface area (Å²) in [7, 11) is 1.86. The minimum absolute atomic E-state index is 0.122. The first kappa shape index (κ1) is 15.8. The van der Waals surface area contributed by atoms with Crippen LogP contribution in [0.2, 0.25) is 0 Å². The van der Waals surface area contributed by atoms with E-state index in [1.54, 1.807) is 6.20 Å². The van der Waals surface area contributed by atoms with Crippen LogP contribution in [0, 0.1) is 0 Å². The molecular weight excluding hydrogens is 364 g/mol. The van der Waals surface area contributed by atoms with E-state index in [4.69, 9.17) is 0 Å². The molecule has 9 nitrogen and oxygen atoms in total. The lowest BCUT2D eigenvalue weighted by Gasteiger charge is -2.05. The van der Waals surface area contributed by atoms with Crippen molar-refractivity contribution in [2.75, 3.05) is 0 Å². The van der Waals surface area contributed by atoms with Gasteiger partial charge in [0, 0.05) is 12.4 Å². The minimum Gasteiger partial charge on any atom is -0.323 e. The number of tetrazole rings is 1. The number of aryl methyl sites for hydroxylation is 1. The number of thiazole rings is 1. The lowest BCUT2D eigenvalue weighted by molar-refractivity contribution is 0.644. The van der Waals surface area contributed by atoms with E-state index in [0.29, 0.717) is 24.3 Å². The number of fused-ring (bicyclic) bond motifs is 3. The predicted molar refractivity (Wildman–Crippen MR) is 101 cm³/mol. The Morgan fingerprint density at radius 1 is 1.22 bits per heavy atom. The lowest BCUT2D eigenvalue weighted by atomic mass is 10.2. The summed E-state index contributed by atoms with van der Waals surface area (Å²) < 4.78 is 4.27. The fourth-order valence-electron chi connectivity index (χ4n) is 3.17. The third kappa shape index (κ3) is 2.61. The van der Waals surface area contributed by atoms with Gasteiger partial charge in [0.25, 0.3) is 5.56 Å². The van der Waals surface area contributed by atoms with Crippen molar-refractivity contribution >= 4 is 32.6 Å². The maximum absolute atomic E-state index is 13.0. The van der Waals surface area contributed by atoms with Crippen LogP contribution in [-0.2, 0) is 20.0 Å². The monoisotopic (exact) mass is 378 g/mol. The number of aromatic amines is 1. The van der Waals surface area contributed by atoms with Crippen LogP contribution in [0.25, 0.3) is 21.3 Å². The topological polar surface area (TPSA) is 107 Å². The summed E-state index contributed by atoms with van der Waals surface area (Å²) in [5, 5.41) is 20.0. The van der Waals surface area contributed by atoms with Crippen molar-refractivity contribution in [1.29, 1.82) is 0 Å². The molecule has 0 atom stereocenters. The Morgan fingerprint density at radius 2 is 2.07 bits per heavy atom. The minimum atomic E-state index is -0.122. The first-order valence-electron chi connectivity index (χ1n) is 8.31. The molecule has 0 radical (unpaired) electrons. The molecular formula is C17H14N8OS. The van der Waals surface area contributed by atoms with E-state index in [-0.39, 0.29) is 5.56 Å². The molecule has 0 fully saturated rings. The Labute approximate surface area is 156 Å². The van der Waals surface area contributed by atoms with E-state index in [2.05, 4.69) is 30.7 Å². The lowest BCUT2D eigenvalue weighted by Crippen LogP contribution is -2.24. The highest BCUT2D eigenvalue weighted by Gasteiger charge is 2.18. The fourth-order valence-corrected chi connectivity index (χ4v) is 4.27. The highest BCUT2D eigenvalue weighted by atomic mass is 32.1. The first-order valence-corrected chi connectivity index (χ1v) is 9.12. The number of nitrogens with one attached hydrogen (secondary N) is 1. The number of hydrogen-bond donors (Lipinski definition) is 1. The molecule has 0 aliphatic heterocycles. The smallest absolute Gasteiger partial charge is 0.291 e. The Bertz CT molecular complexity index is 1300. The van der Waals surface area contributed by atoms with Gasteiger partial charge in [0.1, 0.15) is 10.5 Å². The molecule has 27 heavy (non-hydrogen) atoms. The van der Waals surface area contributed by atoms with Crippen LogP contribution in [0.15, 0.2) is 41.3 Å². The molecule has 0 spiro atoms. The van der Waals surface area contributed by atoms with Crippen LogP contribution in [-0.4, -0.2) is 40.0 Å². The van der Waals surface area contributed by atoms with Gasteiger partial charge in [-0.2, -0.15) is 10.3 Å². The average molecular weight is 378 g/mol. The van der Waals surface area contributed by atoms with Crippen LogP contribution in [0.4, 0.5) is 0 Å². The third-order valence-corrected chi connectivity index (χ3v) is 5.52. The summed E-state index contributed by atoms with van der Waals surface area (Å²) in [6, 6.07) is 9.81. The van der Waals surface area contributed by atoms with E-state index < -0.39 is 0 Å². The Kier molecular flexibility index (Phi) is 3.57. The molecule has 0 aliphatic carbocycles. The second-order valence-electron chi connectivity index (χ2n) is 6.18. The van der Waals surface area contributed by atoms with E-state index in [1.807, 2.05) is 41.9 Å². The zero-order valence-corrected chi connectivity index (χ0v) is 15.1. The zero-order chi connectivity index (χ0) is 18.4. The van der Waals surface area contributed by atoms with Crippen molar-refractivity contribution in [2.45, 2.75) is 13.0 Å². The number of nitrogens with zero attached hydrogens (tertiary/aromatic N) is 7. The molecule has 0 bridgehead atoms. The van der Waals surface area contributed by atoms with Gasteiger partial charge in [-0.1, -0.05) is 35.5 Å². The van der Waals surface area contributed by atoms with Gasteiger partial charge >= 0.3 is 0 Å². The van der Waals surface area contributed by atoms with Gasteiger partial charge in [-0.25, -0.2) is 9.67 Å².